The predicted molar refractivity (Wildman–Crippen MR) is 64.5 cm³/mol. The maximum absolute atomic E-state index is 5.16. The van der Waals surface area contributed by atoms with E-state index in [9.17, 15) is 0 Å². The van der Waals surface area contributed by atoms with Crippen LogP contribution in [0.1, 0.15) is 25.7 Å². The first-order valence-corrected chi connectivity index (χ1v) is 6.12. The molecule has 1 aromatic heterocycles. The largest absolute Gasteiger partial charge is 0.337 e. The molecule has 0 spiro atoms. The first-order chi connectivity index (χ1) is 7.27. The lowest BCUT2D eigenvalue weighted by Gasteiger charge is -2.23. The Hall–Kier alpha value is -0.610. The molecule has 0 atom stereocenters. The Balaban J connectivity index is 1.82. The van der Waals surface area contributed by atoms with Crippen molar-refractivity contribution < 1.29 is 0 Å². The Labute approximate surface area is 96.1 Å². The summed E-state index contributed by atoms with van der Waals surface area (Å²) in [5.41, 5.74) is 0. The lowest BCUT2D eigenvalue weighted by atomic mass is 10.2. The number of aromatic nitrogens is 2. The summed E-state index contributed by atoms with van der Waals surface area (Å²) >= 11 is 5.16. The average Bonchev–Trinajstić information content (AvgIpc) is 2.85. The molecule has 1 aromatic rings. The smallest absolute Gasteiger partial charge is 0.177 e. The zero-order valence-corrected chi connectivity index (χ0v) is 10.1. The van der Waals surface area contributed by atoms with Gasteiger partial charge in [0.25, 0.3) is 0 Å². The molecular weight excluding hydrogens is 206 g/mol. The van der Waals surface area contributed by atoms with Crippen LogP contribution in [0, 0.1) is 4.77 Å². The van der Waals surface area contributed by atoms with Crippen molar-refractivity contribution >= 4 is 12.2 Å². The second-order valence-electron chi connectivity index (χ2n) is 4.38. The van der Waals surface area contributed by atoms with Gasteiger partial charge >= 0.3 is 0 Å². The van der Waals surface area contributed by atoms with E-state index in [1.54, 1.807) is 0 Å². The third-order valence-electron chi connectivity index (χ3n) is 3.36. The van der Waals surface area contributed by atoms with Crippen molar-refractivity contribution in [2.45, 2.75) is 38.3 Å². The van der Waals surface area contributed by atoms with Crippen molar-refractivity contribution in [2.75, 3.05) is 13.6 Å². The molecule has 0 amide bonds. The van der Waals surface area contributed by atoms with Crippen molar-refractivity contribution in [1.82, 2.24) is 14.5 Å². The summed E-state index contributed by atoms with van der Waals surface area (Å²) in [6.45, 7) is 2.09. The first-order valence-electron chi connectivity index (χ1n) is 5.71. The van der Waals surface area contributed by atoms with Gasteiger partial charge in [-0.25, -0.2) is 0 Å². The van der Waals surface area contributed by atoms with E-state index in [1.807, 2.05) is 12.4 Å². The average molecular weight is 225 g/mol. The highest BCUT2D eigenvalue weighted by Crippen LogP contribution is 2.22. The molecular formula is C11H19N3S. The number of aromatic amines is 1. The molecule has 0 aliphatic heterocycles. The van der Waals surface area contributed by atoms with Crippen LogP contribution in [0.4, 0.5) is 0 Å². The fourth-order valence-corrected chi connectivity index (χ4v) is 2.54. The number of likely N-dealkylation sites (N-methyl/N-ethyl adjacent to an activating group) is 1. The van der Waals surface area contributed by atoms with Crippen LogP contribution in [0.25, 0.3) is 0 Å². The number of nitrogens with zero attached hydrogens (tertiary/aromatic N) is 2. The lowest BCUT2D eigenvalue weighted by molar-refractivity contribution is 0.236. The molecule has 0 saturated heterocycles. The standard InChI is InChI=1S/C11H19N3S/c1-13(10-4-2-3-5-10)8-9-14-7-6-12-11(14)15/h6-7,10H,2-5,8-9H2,1H3,(H,12,15). The summed E-state index contributed by atoms with van der Waals surface area (Å²) in [5.74, 6) is 0. The minimum absolute atomic E-state index is 0.804. The third-order valence-corrected chi connectivity index (χ3v) is 3.72. The fraction of sp³-hybridized carbons (Fsp3) is 0.727. The number of nitrogens with one attached hydrogen (secondary N) is 1. The second-order valence-corrected chi connectivity index (χ2v) is 4.76. The van der Waals surface area contributed by atoms with Gasteiger partial charge in [-0.05, 0) is 32.1 Å². The van der Waals surface area contributed by atoms with Crippen molar-refractivity contribution in [3.63, 3.8) is 0 Å². The molecule has 1 N–H and O–H groups in total. The highest BCUT2D eigenvalue weighted by molar-refractivity contribution is 7.71. The van der Waals surface area contributed by atoms with Crippen molar-refractivity contribution in [1.29, 1.82) is 0 Å². The van der Waals surface area contributed by atoms with E-state index < -0.39 is 0 Å². The fourth-order valence-electron chi connectivity index (χ4n) is 2.32. The van der Waals surface area contributed by atoms with Gasteiger partial charge in [-0.3, -0.25) is 0 Å². The topological polar surface area (TPSA) is 24.0 Å². The minimum atomic E-state index is 0.804. The van der Waals surface area contributed by atoms with Crippen LogP contribution in [-0.4, -0.2) is 34.1 Å². The van der Waals surface area contributed by atoms with Gasteiger partial charge in [0, 0.05) is 31.5 Å². The molecule has 1 fully saturated rings. The molecule has 84 valence electrons. The molecule has 3 nitrogen and oxygen atoms in total. The van der Waals surface area contributed by atoms with Gasteiger partial charge < -0.3 is 14.5 Å². The van der Waals surface area contributed by atoms with E-state index in [0.717, 1.165) is 23.9 Å². The van der Waals surface area contributed by atoms with Gasteiger partial charge in [-0.2, -0.15) is 0 Å². The predicted octanol–water partition coefficient (Wildman–Crippen LogP) is 2.42. The van der Waals surface area contributed by atoms with Crippen LogP contribution in [0.5, 0.6) is 0 Å². The van der Waals surface area contributed by atoms with E-state index >= 15 is 0 Å². The van der Waals surface area contributed by atoms with Gasteiger partial charge in [-0.15, -0.1) is 0 Å². The maximum atomic E-state index is 5.16. The molecule has 0 radical (unpaired) electrons. The molecule has 1 aliphatic rings. The van der Waals surface area contributed by atoms with Gasteiger partial charge in [0.1, 0.15) is 0 Å². The molecule has 0 unspecified atom stereocenters. The number of rotatable bonds is 4. The molecule has 0 aromatic carbocycles. The monoisotopic (exact) mass is 225 g/mol. The van der Waals surface area contributed by atoms with Crippen LogP contribution >= 0.6 is 12.2 Å². The van der Waals surface area contributed by atoms with Crippen molar-refractivity contribution in [2.24, 2.45) is 0 Å². The summed E-state index contributed by atoms with van der Waals surface area (Å²) in [6, 6.07) is 0.804. The Morgan fingerprint density at radius 2 is 2.27 bits per heavy atom. The van der Waals surface area contributed by atoms with Crippen molar-refractivity contribution in [3.05, 3.63) is 17.2 Å². The van der Waals surface area contributed by atoms with E-state index in [4.69, 9.17) is 12.2 Å². The van der Waals surface area contributed by atoms with Crippen LogP contribution < -0.4 is 0 Å². The summed E-state index contributed by atoms with van der Waals surface area (Å²) in [5, 5.41) is 0. The molecule has 1 aliphatic carbocycles. The van der Waals surface area contributed by atoms with E-state index in [2.05, 4.69) is 21.5 Å². The van der Waals surface area contributed by atoms with E-state index in [0.29, 0.717) is 0 Å². The van der Waals surface area contributed by atoms with Crippen LogP contribution in [0.3, 0.4) is 0 Å². The summed E-state index contributed by atoms with van der Waals surface area (Å²) < 4.78 is 2.93. The van der Waals surface area contributed by atoms with Gasteiger partial charge in [-0.1, -0.05) is 12.8 Å². The molecule has 1 heterocycles. The summed E-state index contributed by atoms with van der Waals surface area (Å²) in [7, 11) is 2.23. The Morgan fingerprint density at radius 3 is 2.87 bits per heavy atom. The highest BCUT2D eigenvalue weighted by atomic mass is 32.1. The Morgan fingerprint density at radius 1 is 1.53 bits per heavy atom. The summed E-state index contributed by atoms with van der Waals surface area (Å²) in [6.07, 6.45) is 9.46. The van der Waals surface area contributed by atoms with Crippen molar-refractivity contribution in [3.8, 4) is 0 Å². The van der Waals surface area contributed by atoms with Crippen LogP contribution in [-0.2, 0) is 6.54 Å². The summed E-state index contributed by atoms with van der Waals surface area (Å²) in [4.78, 5) is 5.50. The minimum Gasteiger partial charge on any atom is -0.337 e. The third kappa shape index (κ3) is 2.69. The quantitative estimate of drug-likeness (QED) is 0.796. The molecule has 4 heteroatoms. The van der Waals surface area contributed by atoms with Crippen LogP contribution in [0.15, 0.2) is 12.4 Å². The SMILES string of the molecule is CN(CCn1cc[nH]c1=S)C1CCCC1. The second kappa shape index (κ2) is 4.94. The number of hydrogen-bond acceptors (Lipinski definition) is 2. The molecule has 0 bridgehead atoms. The van der Waals surface area contributed by atoms with E-state index in [-0.39, 0.29) is 0 Å². The molecule has 1 saturated carbocycles. The van der Waals surface area contributed by atoms with Gasteiger partial charge in [0.2, 0.25) is 0 Å². The van der Waals surface area contributed by atoms with Crippen LogP contribution in [0.2, 0.25) is 0 Å². The molecule has 15 heavy (non-hydrogen) atoms. The Kier molecular flexibility index (Phi) is 3.59. The van der Waals surface area contributed by atoms with Gasteiger partial charge in [0.05, 0.1) is 0 Å². The lowest BCUT2D eigenvalue weighted by Crippen LogP contribution is -2.32. The Bertz CT molecular complexity index is 349. The number of hydrogen-bond donors (Lipinski definition) is 1. The number of H-pyrrole nitrogens is 1. The van der Waals surface area contributed by atoms with E-state index in [1.165, 1.54) is 25.7 Å². The van der Waals surface area contributed by atoms with Gasteiger partial charge in [0.15, 0.2) is 4.77 Å². The normalized spacial score (nSPS) is 17.7. The molecule has 2 rings (SSSR count). The first kappa shape index (κ1) is 10.9. The maximum Gasteiger partial charge on any atom is 0.177 e. The highest BCUT2D eigenvalue weighted by Gasteiger charge is 2.18. The zero-order chi connectivity index (χ0) is 10.7. The number of imidazole rings is 1. The zero-order valence-electron chi connectivity index (χ0n) is 9.28.